The Labute approximate surface area is 145 Å². The summed E-state index contributed by atoms with van der Waals surface area (Å²) in [6.45, 7) is 3.47. The van der Waals surface area contributed by atoms with Gasteiger partial charge in [-0.15, -0.1) is 11.3 Å². The van der Waals surface area contributed by atoms with E-state index in [9.17, 15) is 4.79 Å². The second kappa shape index (κ2) is 6.84. The van der Waals surface area contributed by atoms with Crippen molar-refractivity contribution >= 4 is 23.2 Å². The molecule has 2 aliphatic heterocycles. The Hall–Kier alpha value is -2.02. The Balaban J connectivity index is 1.47. The zero-order valence-corrected chi connectivity index (χ0v) is 14.5. The maximum atomic E-state index is 12.6. The van der Waals surface area contributed by atoms with Crippen LogP contribution in [0.5, 0.6) is 0 Å². The maximum Gasteiger partial charge on any atom is 0.282 e. The second-order valence-corrected chi connectivity index (χ2v) is 7.36. The molecular weight excluding hydrogens is 322 g/mol. The standard InChI is InChI=1S/C17H21N5OS/c23-16(21-9-2-1-3-10-21)15-20-13-5-11-22(12-6-14(13)24-15)17-18-7-4-8-19-17/h4,7-8H,1-3,5-6,9-12H2. The summed E-state index contributed by atoms with van der Waals surface area (Å²) in [5.74, 6) is 0.897. The Kier molecular flexibility index (Phi) is 4.42. The first-order valence-corrected chi connectivity index (χ1v) is 9.43. The van der Waals surface area contributed by atoms with Gasteiger partial charge in [-0.25, -0.2) is 15.0 Å². The molecule has 7 heteroatoms. The molecule has 0 spiro atoms. The molecule has 0 bridgehead atoms. The fourth-order valence-corrected chi connectivity index (χ4v) is 4.41. The van der Waals surface area contributed by atoms with Crippen LogP contribution < -0.4 is 4.90 Å². The lowest BCUT2D eigenvalue weighted by Crippen LogP contribution is -2.35. The van der Waals surface area contributed by atoms with Crippen LogP contribution in [0.4, 0.5) is 5.95 Å². The van der Waals surface area contributed by atoms with Gasteiger partial charge in [-0.1, -0.05) is 0 Å². The fraction of sp³-hybridized carbons (Fsp3) is 0.529. The zero-order valence-electron chi connectivity index (χ0n) is 13.6. The van der Waals surface area contributed by atoms with Gasteiger partial charge in [-0.05, 0) is 25.3 Å². The largest absolute Gasteiger partial charge is 0.340 e. The quantitative estimate of drug-likeness (QED) is 0.836. The lowest BCUT2D eigenvalue weighted by Gasteiger charge is -2.25. The van der Waals surface area contributed by atoms with Crippen molar-refractivity contribution < 1.29 is 4.79 Å². The number of thiazole rings is 1. The van der Waals surface area contributed by atoms with E-state index in [4.69, 9.17) is 0 Å². The average Bonchev–Trinajstić information content (AvgIpc) is 2.96. The van der Waals surface area contributed by atoms with E-state index in [1.54, 1.807) is 23.7 Å². The monoisotopic (exact) mass is 343 g/mol. The molecule has 4 heterocycles. The van der Waals surface area contributed by atoms with Crippen LogP contribution in [0.3, 0.4) is 0 Å². The van der Waals surface area contributed by atoms with Gasteiger partial charge in [0.15, 0.2) is 5.01 Å². The second-order valence-electron chi connectivity index (χ2n) is 6.28. The van der Waals surface area contributed by atoms with Gasteiger partial charge in [0.25, 0.3) is 5.91 Å². The third-order valence-corrected chi connectivity index (χ3v) is 5.81. The van der Waals surface area contributed by atoms with Crippen molar-refractivity contribution in [1.82, 2.24) is 19.9 Å². The molecule has 1 fully saturated rings. The molecule has 0 aromatic carbocycles. The maximum absolute atomic E-state index is 12.6. The molecule has 0 aliphatic carbocycles. The highest BCUT2D eigenvalue weighted by molar-refractivity contribution is 7.13. The summed E-state index contributed by atoms with van der Waals surface area (Å²) in [6.07, 6.45) is 8.75. The summed E-state index contributed by atoms with van der Waals surface area (Å²) in [6, 6.07) is 1.83. The summed E-state index contributed by atoms with van der Waals surface area (Å²) < 4.78 is 0. The van der Waals surface area contributed by atoms with Gasteiger partial charge in [0.2, 0.25) is 5.95 Å². The number of anilines is 1. The molecule has 2 aromatic heterocycles. The Bertz CT molecular complexity index is 686. The van der Waals surface area contributed by atoms with E-state index in [2.05, 4.69) is 19.9 Å². The number of nitrogens with zero attached hydrogens (tertiary/aromatic N) is 5. The number of aromatic nitrogens is 3. The first-order valence-electron chi connectivity index (χ1n) is 8.61. The van der Waals surface area contributed by atoms with E-state index in [0.29, 0.717) is 5.01 Å². The first-order chi connectivity index (χ1) is 11.8. The molecule has 4 rings (SSSR count). The average molecular weight is 343 g/mol. The molecular formula is C17H21N5OS. The molecule has 126 valence electrons. The molecule has 0 unspecified atom stereocenters. The van der Waals surface area contributed by atoms with Gasteiger partial charge in [0.1, 0.15) is 0 Å². The van der Waals surface area contributed by atoms with Crippen molar-refractivity contribution in [3.63, 3.8) is 0 Å². The summed E-state index contributed by atoms with van der Waals surface area (Å²) in [5, 5.41) is 0.673. The smallest absolute Gasteiger partial charge is 0.282 e. The predicted octanol–water partition coefficient (Wildman–Crippen LogP) is 2.16. The van der Waals surface area contributed by atoms with Crippen LogP contribution in [0, 0.1) is 0 Å². The minimum Gasteiger partial charge on any atom is -0.340 e. The molecule has 1 saturated heterocycles. The first kappa shape index (κ1) is 15.5. The summed E-state index contributed by atoms with van der Waals surface area (Å²) in [4.78, 5) is 31.4. The molecule has 1 amide bonds. The van der Waals surface area contributed by atoms with Crippen molar-refractivity contribution in [2.24, 2.45) is 0 Å². The topological polar surface area (TPSA) is 62.2 Å². The van der Waals surface area contributed by atoms with Gasteiger partial charge in [0, 0.05) is 56.3 Å². The fourth-order valence-electron chi connectivity index (χ4n) is 3.34. The normalized spacial score (nSPS) is 18.2. The van der Waals surface area contributed by atoms with Crippen LogP contribution >= 0.6 is 11.3 Å². The van der Waals surface area contributed by atoms with Gasteiger partial charge in [0.05, 0.1) is 5.69 Å². The Morgan fingerprint density at radius 3 is 2.54 bits per heavy atom. The van der Waals surface area contributed by atoms with Gasteiger partial charge >= 0.3 is 0 Å². The van der Waals surface area contributed by atoms with Crippen LogP contribution in [-0.2, 0) is 12.8 Å². The van der Waals surface area contributed by atoms with E-state index in [-0.39, 0.29) is 5.91 Å². The lowest BCUT2D eigenvalue weighted by atomic mass is 10.1. The molecule has 24 heavy (non-hydrogen) atoms. The van der Waals surface area contributed by atoms with Crippen LogP contribution in [-0.4, -0.2) is 51.9 Å². The van der Waals surface area contributed by atoms with E-state index >= 15 is 0 Å². The predicted molar refractivity (Wildman–Crippen MR) is 93.5 cm³/mol. The molecule has 2 aliphatic rings. The number of rotatable bonds is 2. The number of piperidine rings is 1. The zero-order chi connectivity index (χ0) is 16.4. The van der Waals surface area contributed by atoms with Gasteiger partial charge < -0.3 is 9.80 Å². The summed E-state index contributed by atoms with van der Waals surface area (Å²) in [5.41, 5.74) is 1.08. The van der Waals surface area contributed by atoms with E-state index in [0.717, 1.165) is 63.5 Å². The van der Waals surface area contributed by atoms with Crippen molar-refractivity contribution in [3.05, 3.63) is 34.0 Å². The van der Waals surface area contributed by atoms with Gasteiger partial charge in [-0.2, -0.15) is 0 Å². The van der Waals surface area contributed by atoms with E-state index < -0.39 is 0 Å². The third kappa shape index (κ3) is 3.13. The molecule has 2 aromatic rings. The molecule has 6 nitrogen and oxygen atoms in total. The van der Waals surface area contributed by atoms with E-state index in [1.807, 2.05) is 11.0 Å². The van der Waals surface area contributed by atoms with Crippen molar-refractivity contribution in [3.8, 4) is 0 Å². The van der Waals surface area contributed by atoms with Crippen molar-refractivity contribution in [2.45, 2.75) is 32.1 Å². The van der Waals surface area contributed by atoms with Crippen molar-refractivity contribution in [1.29, 1.82) is 0 Å². The number of amides is 1. The number of likely N-dealkylation sites (tertiary alicyclic amines) is 1. The van der Waals surface area contributed by atoms with Crippen molar-refractivity contribution in [2.75, 3.05) is 31.1 Å². The van der Waals surface area contributed by atoms with Gasteiger partial charge in [-0.3, -0.25) is 4.79 Å². The number of carbonyl (C=O) groups excluding carboxylic acids is 1. The summed E-state index contributed by atoms with van der Waals surface area (Å²) in [7, 11) is 0. The molecule has 0 radical (unpaired) electrons. The number of hydrogen-bond donors (Lipinski definition) is 0. The highest BCUT2D eigenvalue weighted by Gasteiger charge is 2.25. The number of carbonyl (C=O) groups is 1. The molecule has 0 N–H and O–H groups in total. The molecule has 0 saturated carbocycles. The van der Waals surface area contributed by atoms with Crippen LogP contribution in [0.15, 0.2) is 18.5 Å². The highest BCUT2D eigenvalue weighted by Crippen LogP contribution is 2.25. The molecule has 0 atom stereocenters. The SMILES string of the molecule is O=C(c1nc2c(s1)CCN(c1ncccn1)CC2)N1CCCCC1. The minimum atomic E-state index is 0.121. The Morgan fingerprint density at radius 2 is 1.75 bits per heavy atom. The third-order valence-electron chi connectivity index (χ3n) is 4.67. The van der Waals surface area contributed by atoms with Crippen LogP contribution in [0.25, 0.3) is 0 Å². The number of fused-ring (bicyclic) bond motifs is 1. The van der Waals surface area contributed by atoms with E-state index in [1.165, 1.54) is 11.3 Å². The highest BCUT2D eigenvalue weighted by atomic mass is 32.1. The lowest BCUT2D eigenvalue weighted by molar-refractivity contribution is 0.0723. The van der Waals surface area contributed by atoms with Crippen LogP contribution in [0.1, 0.15) is 39.6 Å². The summed E-state index contributed by atoms with van der Waals surface area (Å²) >= 11 is 1.58. The Morgan fingerprint density at radius 1 is 1.00 bits per heavy atom. The van der Waals surface area contributed by atoms with Crippen LogP contribution in [0.2, 0.25) is 0 Å². The number of hydrogen-bond acceptors (Lipinski definition) is 6. The minimum absolute atomic E-state index is 0.121.